The number of carbonyl (C=O) groups excluding carboxylic acids is 1. The highest BCUT2D eigenvalue weighted by Gasteiger charge is 2.11. The maximum atomic E-state index is 11.2. The summed E-state index contributed by atoms with van der Waals surface area (Å²) in [6, 6.07) is 15.4. The molecule has 26 heavy (non-hydrogen) atoms. The number of hydrogen-bond donors (Lipinski definition) is 2. The molecule has 2 aromatic heterocycles. The average Bonchev–Trinajstić information content (AvgIpc) is 3.27. The van der Waals surface area contributed by atoms with E-state index in [1.54, 1.807) is 6.07 Å². The van der Waals surface area contributed by atoms with Crippen molar-refractivity contribution in [1.29, 1.82) is 0 Å². The summed E-state index contributed by atoms with van der Waals surface area (Å²) in [6.07, 6.45) is 3.78. The van der Waals surface area contributed by atoms with E-state index in [0.29, 0.717) is 5.76 Å². The van der Waals surface area contributed by atoms with Gasteiger partial charge >= 0.3 is 0 Å². The van der Waals surface area contributed by atoms with Crippen LogP contribution in [0.3, 0.4) is 0 Å². The van der Waals surface area contributed by atoms with Crippen molar-refractivity contribution in [3.8, 4) is 11.3 Å². The van der Waals surface area contributed by atoms with Crippen LogP contribution in [0.4, 0.5) is 0 Å². The van der Waals surface area contributed by atoms with Crippen LogP contribution in [0, 0.1) is 0 Å². The first-order valence-electron chi connectivity index (χ1n) is 8.21. The lowest BCUT2D eigenvalue weighted by atomic mass is 10.0. The van der Waals surface area contributed by atoms with E-state index in [4.69, 9.17) is 21.9 Å². The number of amides is 1. The SMILES string of the molecule is NC(=O)c1cc(-c2cccc(CCc3c[nH]c4ccc(Cl)cc34)c2)on1. The lowest BCUT2D eigenvalue weighted by Gasteiger charge is -2.03. The molecule has 2 heterocycles. The third kappa shape index (κ3) is 3.21. The van der Waals surface area contributed by atoms with Gasteiger partial charge in [0.15, 0.2) is 11.5 Å². The lowest BCUT2D eigenvalue weighted by molar-refractivity contribution is 0.0992. The van der Waals surface area contributed by atoms with Gasteiger partial charge in [0.1, 0.15) is 0 Å². The molecule has 0 saturated heterocycles. The monoisotopic (exact) mass is 365 g/mol. The van der Waals surface area contributed by atoms with Crippen LogP contribution < -0.4 is 5.73 Å². The Morgan fingerprint density at radius 2 is 2.04 bits per heavy atom. The molecule has 0 atom stereocenters. The fourth-order valence-corrected chi connectivity index (χ4v) is 3.22. The number of aromatic nitrogens is 2. The Hall–Kier alpha value is -3.05. The summed E-state index contributed by atoms with van der Waals surface area (Å²) >= 11 is 6.11. The zero-order chi connectivity index (χ0) is 18.1. The third-order valence-corrected chi connectivity index (χ3v) is 4.62. The summed E-state index contributed by atoms with van der Waals surface area (Å²) in [6.45, 7) is 0. The predicted molar refractivity (Wildman–Crippen MR) is 101 cm³/mol. The van der Waals surface area contributed by atoms with Gasteiger partial charge in [-0.3, -0.25) is 4.79 Å². The van der Waals surface area contributed by atoms with E-state index in [1.165, 1.54) is 5.56 Å². The highest BCUT2D eigenvalue weighted by molar-refractivity contribution is 6.31. The molecule has 0 spiro atoms. The van der Waals surface area contributed by atoms with E-state index in [2.05, 4.69) is 16.2 Å². The Morgan fingerprint density at radius 1 is 1.15 bits per heavy atom. The van der Waals surface area contributed by atoms with Crippen LogP contribution in [0.2, 0.25) is 5.02 Å². The number of halogens is 1. The van der Waals surface area contributed by atoms with Crippen LogP contribution >= 0.6 is 11.6 Å². The zero-order valence-corrected chi connectivity index (χ0v) is 14.6. The minimum atomic E-state index is -0.603. The van der Waals surface area contributed by atoms with Gasteiger partial charge in [-0.2, -0.15) is 0 Å². The number of benzene rings is 2. The molecular formula is C20H16ClN3O2. The van der Waals surface area contributed by atoms with Crippen molar-refractivity contribution in [1.82, 2.24) is 10.1 Å². The van der Waals surface area contributed by atoms with Crippen molar-refractivity contribution >= 4 is 28.4 Å². The average molecular weight is 366 g/mol. The standard InChI is InChI=1S/C20H16ClN3O2/c21-15-6-7-17-16(9-15)14(11-23-17)5-4-12-2-1-3-13(8-12)19-10-18(20(22)25)24-26-19/h1-3,6-11,23H,4-5H2,(H2,22,25). The lowest BCUT2D eigenvalue weighted by Crippen LogP contribution is -2.10. The summed E-state index contributed by atoms with van der Waals surface area (Å²) < 4.78 is 5.22. The molecule has 2 aromatic carbocycles. The van der Waals surface area contributed by atoms with Gasteiger partial charge in [0.25, 0.3) is 5.91 Å². The number of fused-ring (bicyclic) bond motifs is 1. The second-order valence-electron chi connectivity index (χ2n) is 6.14. The largest absolute Gasteiger partial charge is 0.364 e. The molecule has 0 fully saturated rings. The second kappa shape index (κ2) is 6.69. The van der Waals surface area contributed by atoms with Gasteiger partial charge in [-0.05, 0) is 48.2 Å². The molecular weight excluding hydrogens is 350 g/mol. The van der Waals surface area contributed by atoms with Crippen LogP contribution in [0.25, 0.3) is 22.2 Å². The van der Waals surface area contributed by atoms with Crippen molar-refractivity contribution in [2.75, 3.05) is 0 Å². The summed E-state index contributed by atoms with van der Waals surface area (Å²) in [5.41, 5.74) is 9.68. The normalized spacial score (nSPS) is 11.1. The van der Waals surface area contributed by atoms with Crippen LogP contribution in [-0.4, -0.2) is 16.0 Å². The first-order chi connectivity index (χ1) is 12.6. The van der Waals surface area contributed by atoms with Crippen molar-refractivity contribution < 1.29 is 9.32 Å². The molecule has 6 heteroatoms. The van der Waals surface area contributed by atoms with Gasteiger partial charge < -0.3 is 15.2 Å². The third-order valence-electron chi connectivity index (χ3n) is 4.39. The molecule has 1 amide bonds. The van der Waals surface area contributed by atoms with Crippen molar-refractivity contribution in [2.24, 2.45) is 5.73 Å². The fourth-order valence-electron chi connectivity index (χ4n) is 3.04. The fraction of sp³-hybridized carbons (Fsp3) is 0.100. The highest BCUT2D eigenvalue weighted by Crippen LogP contribution is 2.25. The van der Waals surface area contributed by atoms with E-state index in [-0.39, 0.29) is 5.69 Å². The molecule has 0 unspecified atom stereocenters. The Labute approximate surface area is 154 Å². The summed E-state index contributed by atoms with van der Waals surface area (Å²) in [5.74, 6) is -0.0753. The zero-order valence-electron chi connectivity index (χ0n) is 13.8. The molecule has 0 aliphatic rings. The van der Waals surface area contributed by atoms with Gasteiger partial charge in [-0.1, -0.05) is 35.0 Å². The summed E-state index contributed by atoms with van der Waals surface area (Å²) in [4.78, 5) is 14.4. The molecule has 130 valence electrons. The minimum absolute atomic E-state index is 0.126. The number of carbonyl (C=O) groups is 1. The summed E-state index contributed by atoms with van der Waals surface area (Å²) in [5, 5.41) is 5.57. The molecule has 3 N–H and O–H groups in total. The number of nitrogens with zero attached hydrogens (tertiary/aromatic N) is 1. The van der Waals surface area contributed by atoms with Crippen LogP contribution in [0.15, 0.2) is 59.3 Å². The Morgan fingerprint density at radius 3 is 2.85 bits per heavy atom. The molecule has 0 radical (unpaired) electrons. The Bertz CT molecular complexity index is 1100. The number of rotatable bonds is 5. The minimum Gasteiger partial charge on any atom is -0.364 e. The molecule has 0 aliphatic carbocycles. The van der Waals surface area contributed by atoms with Gasteiger partial charge in [0, 0.05) is 33.8 Å². The van der Waals surface area contributed by atoms with Gasteiger partial charge in [0.05, 0.1) is 0 Å². The quantitative estimate of drug-likeness (QED) is 0.551. The van der Waals surface area contributed by atoms with Gasteiger partial charge in [-0.25, -0.2) is 0 Å². The molecule has 4 rings (SSSR count). The first-order valence-corrected chi connectivity index (χ1v) is 8.59. The number of primary amides is 1. The summed E-state index contributed by atoms with van der Waals surface area (Å²) in [7, 11) is 0. The van der Waals surface area contributed by atoms with Crippen molar-refractivity contribution in [3.63, 3.8) is 0 Å². The van der Waals surface area contributed by atoms with Gasteiger partial charge in [-0.15, -0.1) is 0 Å². The number of aromatic amines is 1. The number of H-pyrrole nitrogens is 1. The first kappa shape index (κ1) is 16.4. The molecule has 5 nitrogen and oxygen atoms in total. The van der Waals surface area contributed by atoms with Crippen LogP contribution in [0.5, 0.6) is 0 Å². The number of nitrogens with one attached hydrogen (secondary N) is 1. The van der Waals surface area contributed by atoms with Crippen molar-refractivity contribution in [2.45, 2.75) is 12.8 Å². The van der Waals surface area contributed by atoms with E-state index in [9.17, 15) is 4.79 Å². The maximum Gasteiger partial charge on any atom is 0.270 e. The molecule has 4 aromatic rings. The molecule has 0 saturated carbocycles. The second-order valence-corrected chi connectivity index (χ2v) is 6.58. The number of aryl methyl sites for hydroxylation is 2. The molecule has 0 bridgehead atoms. The van der Waals surface area contributed by atoms with E-state index in [0.717, 1.165) is 39.9 Å². The Balaban J connectivity index is 1.55. The number of hydrogen-bond acceptors (Lipinski definition) is 3. The Kier molecular flexibility index (Phi) is 4.22. The maximum absolute atomic E-state index is 11.2. The molecule has 0 aliphatic heterocycles. The van der Waals surface area contributed by atoms with Gasteiger partial charge in [0.2, 0.25) is 0 Å². The van der Waals surface area contributed by atoms with Crippen LogP contribution in [-0.2, 0) is 12.8 Å². The van der Waals surface area contributed by atoms with Crippen LogP contribution in [0.1, 0.15) is 21.6 Å². The smallest absolute Gasteiger partial charge is 0.270 e. The van der Waals surface area contributed by atoms with E-state index >= 15 is 0 Å². The number of nitrogens with two attached hydrogens (primary N) is 1. The van der Waals surface area contributed by atoms with E-state index in [1.807, 2.05) is 42.6 Å². The predicted octanol–water partition coefficient (Wildman–Crippen LogP) is 4.36. The van der Waals surface area contributed by atoms with E-state index < -0.39 is 5.91 Å². The highest BCUT2D eigenvalue weighted by atomic mass is 35.5. The topological polar surface area (TPSA) is 84.9 Å². The van der Waals surface area contributed by atoms with Crippen molar-refractivity contribution in [3.05, 3.63) is 76.6 Å².